The van der Waals surface area contributed by atoms with Gasteiger partial charge in [-0.05, 0) is 31.5 Å². The van der Waals surface area contributed by atoms with Crippen molar-refractivity contribution >= 4 is 39.1 Å². The molecule has 3 rings (SSSR count). The van der Waals surface area contributed by atoms with E-state index in [1.165, 1.54) is 22.2 Å². The number of hydrogen-bond donors (Lipinski definition) is 0. The summed E-state index contributed by atoms with van der Waals surface area (Å²) in [5, 5.41) is 1.13. The topological polar surface area (TPSA) is 70.4 Å². The molecule has 0 spiro atoms. The summed E-state index contributed by atoms with van der Waals surface area (Å²) >= 11 is 7.42. The third-order valence-corrected chi connectivity index (χ3v) is 5.25. The van der Waals surface area contributed by atoms with Gasteiger partial charge in [-0.15, -0.1) is 11.3 Å². The van der Waals surface area contributed by atoms with E-state index in [1.807, 2.05) is 26.0 Å². The van der Waals surface area contributed by atoms with Gasteiger partial charge in [-0.2, -0.15) is 0 Å². The predicted octanol–water partition coefficient (Wildman–Crippen LogP) is 3.67. The molecule has 3 aromatic rings. The summed E-state index contributed by atoms with van der Waals surface area (Å²) < 4.78 is 11.5. The lowest BCUT2D eigenvalue weighted by atomic mass is 10.0. The minimum absolute atomic E-state index is 0.157. The first-order valence-electron chi connectivity index (χ1n) is 8.49. The van der Waals surface area contributed by atoms with Crippen molar-refractivity contribution in [3.63, 3.8) is 0 Å². The van der Waals surface area contributed by atoms with Crippen LogP contribution in [-0.4, -0.2) is 35.3 Å². The fourth-order valence-electron chi connectivity index (χ4n) is 2.76. The monoisotopic (exact) mass is 406 g/mol. The standard InChI is InChI=1S/C19H19ClN2O4S/c1-3-25-8-9-26-15(23)10-22-11-21-18-17(19(22)24)16(12(2)27-18)13-4-6-14(20)7-5-13/h4-7,11H,3,8-10H2,1-2H3. The molecule has 0 fully saturated rings. The summed E-state index contributed by atoms with van der Waals surface area (Å²) in [5.74, 6) is -0.502. The van der Waals surface area contributed by atoms with Crippen LogP contribution in [-0.2, 0) is 20.8 Å². The molecule has 27 heavy (non-hydrogen) atoms. The minimum atomic E-state index is -0.502. The number of benzene rings is 1. The van der Waals surface area contributed by atoms with Crippen LogP contribution in [0.2, 0.25) is 5.02 Å². The van der Waals surface area contributed by atoms with E-state index in [2.05, 4.69) is 4.98 Å². The average Bonchev–Trinajstić information content (AvgIpc) is 2.99. The maximum absolute atomic E-state index is 13.0. The molecule has 0 aliphatic rings. The first-order chi connectivity index (χ1) is 13.0. The predicted molar refractivity (Wildman–Crippen MR) is 107 cm³/mol. The zero-order chi connectivity index (χ0) is 19.4. The number of carbonyl (C=O) groups is 1. The molecular formula is C19H19ClN2O4S. The molecule has 0 saturated heterocycles. The Morgan fingerprint density at radius 1 is 1.26 bits per heavy atom. The third-order valence-electron chi connectivity index (χ3n) is 3.98. The Labute approximate surface area is 165 Å². The van der Waals surface area contributed by atoms with Crippen LogP contribution in [0.5, 0.6) is 0 Å². The van der Waals surface area contributed by atoms with Crippen molar-refractivity contribution in [1.82, 2.24) is 9.55 Å². The van der Waals surface area contributed by atoms with Crippen LogP contribution in [0.3, 0.4) is 0 Å². The highest BCUT2D eigenvalue weighted by molar-refractivity contribution is 7.19. The quantitative estimate of drug-likeness (QED) is 0.442. The third kappa shape index (κ3) is 4.37. The van der Waals surface area contributed by atoms with E-state index >= 15 is 0 Å². The van der Waals surface area contributed by atoms with Crippen LogP contribution >= 0.6 is 22.9 Å². The largest absolute Gasteiger partial charge is 0.462 e. The fraction of sp³-hybridized carbons (Fsp3) is 0.316. The molecule has 0 bridgehead atoms. The molecule has 0 saturated carbocycles. The molecule has 2 aromatic heterocycles. The van der Waals surface area contributed by atoms with Crippen molar-refractivity contribution in [2.75, 3.05) is 19.8 Å². The van der Waals surface area contributed by atoms with Crippen LogP contribution < -0.4 is 5.56 Å². The van der Waals surface area contributed by atoms with Crippen molar-refractivity contribution < 1.29 is 14.3 Å². The lowest BCUT2D eigenvalue weighted by molar-refractivity contribution is -0.145. The van der Waals surface area contributed by atoms with E-state index in [0.29, 0.717) is 28.5 Å². The van der Waals surface area contributed by atoms with Crippen molar-refractivity contribution in [3.8, 4) is 11.1 Å². The second kappa shape index (κ2) is 8.65. The number of fused-ring (bicyclic) bond motifs is 1. The summed E-state index contributed by atoms with van der Waals surface area (Å²) in [4.78, 5) is 30.9. The van der Waals surface area contributed by atoms with Crippen LogP contribution in [0.1, 0.15) is 11.8 Å². The summed E-state index contributed by atoms with van der Waals surface area (Å²) in [6.45, 7) is 4.67. The minimum Gasteiger partial charge on any atom is -0.462 e. The van der Waals surface area contributed by atoms with Crippen LogP contribution in [0.15, 0.2) is 35.4 Å². The van der Waals surface area contributed by atoms with Gasteiger partial charge in [0.2, 0.25) is 0 Å². The number of nitrogens with zero attached hydrogens (tertiary/aromatic N) is 2. The highest BCUT2D eigenvalue weighted by Gasteiger charge is 2.18. The van der Waals surface area contributed by atoms with Crippen molar-refractivity contribution in [2.24, 2.45) is 0 Å². The molecule has 8 heteroatoms. The maximum Gasteiger partial charge on any atom is 0.326 e. The smallest absolute Gasteiger partial charge is 0.326 e. The Kier molecular flexibility index (Phi) is 6.26. The lowest BCUT2D eigenvalue weighted by Gasteiger charge is -2.07. The Morgan fingerprint density at radius 2 is 2.00 bits per heavy atom. The SMILES string of the molecule is CCOCCOC(=O)Cn1cnc2sc(C)c(-c3ccc(Cl)cc3)c2c1=O. The second-order valence-corrected chi connectivity index (χ2v) is 7.45. The number of aryl methyl sites for hydroxylation is 1. The average molecular weight is 407 g/mol. The number of thiophene rings is 1. The number of esters is 1. The van der Waals surface area contributed by atoms with E-state index in [-0.39, 0.29) is 18.7 Å². The first-order valence-corrected chi connectivity index (χ1v) is 9.68. The Bertz CT molecular complexity index is 1010. The summed E-state index contributed by atoms with van der Waals surface area (Å²) in [6.07, 6.45) is 1.38. The van der Waals surface area contributed by atoms with Crippen molar-refractivity contribution in [1.29, 1.82) is 0 Å². The first kappa shape index (κ1) is 19.5. The fourth-order valence-corrected chi connectivity index (χ4v) is 3.89. The zero-order valence-electron chi connectivity index (χ0n) is 15.0. The van der Waals surface area contributed by atoms with E-state index < -0.39 is 5.97 Å². The van der Waals surface area contributed by atoms with Crippen molar-refractivity contribution in [2.45, 2.75) is 20.4 Å². The van der Waals surface area contributed by atoms with Gasteiger partial charge in [-0.25, -0.2) is 4.98 Å². The Hall–Kier alpha value is -2.22. The van der Waals surface area contributed by atoms with E-state index in [1.54, 1.807) is 12.1 Å². The van der Waals surface area contributed by atoms with Gasteiger partial charge in [0.05, 0.1) is 18.3 Å². The van der Waals surface area contributed by atoms with Gasteiger partial charge in [0.25, 0.3) is 5.56 Å². The van der Waals surface area contributed by atoms with Crippen LogP contribution in [0, 0.1) is 6.92 Å². The van der Waals surface area contributed by atoms with Gasteiger partial charge in [-0.3, -0.25) is 14.2 Å². The second-order valence-electron chi connectivity index (χ2n) is 5.82. The normalized spacial score (nSPS) is 11.1. The molecular weight excluding hydrogens is 388 g/mol. The molecule has 0 radical (unpaired) electrons. The molecule has 0 aliphatic carbocycles. The lowest BCUT2D eigenvalue weighted by Crippen LogP contribution is -2.26. The zero-order valence-corrected chi connectivity index (χ0v) is 16.6. The molecule has 1 aromatic carbocycles. The number of halogens is 1. The maximum atomic E-state index is 13.0. The number of hydrogen-bond acceptors (Lipinski definition) is 6. The van der Waals surface area contributed by atoms with Gasteiger partial charge < -0.3 is 9.47 Å². The van der Waals surface area contributed by atoms with E-state index in [0.717, 1.165) is 16.0 Å². The molecule has 0 amide bonds. The van der Waals surface area contributed by atoms with Crippen molar-refractivity contribution in [3.05, 3.63) is 50.8 Å². The van der Waals surface area contributed by atoms with E-state index in [9.17, 15) is 9.59 Å². The summed E-state index contributed by atoms with van der Waals surface area (Å²) in [7, 11) is 0. The Balaban J connectivity index is 1.92. The molecule has 0 N–H and O–H groups in total. The number of aromatic nitrogens is 2. The highest BCUT2D eigenvalue weighted by Crippen LogP contribution is 2.35. The number of carbonyl (C=O) groups excluding carboxylic acids is 1. The molecule has 0 atom stereocenters. The molecule has 0 unspecified atom stereocenters. The van der Waals surface area contributed by atoms with Gasteiger partial charge in [0.1, 0.15) is 18.0 Å². The van der Waals surface area contributed by atoms with Gasteiger partial charge in [-0.1, -0.05) is 23.7 Å². The van der Waals surface area contributed by atoms with Crippen LogP contribution in [0.25, 0.3) is 21.3 Å². The summed E-state index contributed by atoms with van der Waals surface area (Å²) in [5.41, 5.74) is 1.44. The van der Waals surface area contributed by atoms with Gasteiger partial charge in [0, 0.05) is 22.1 Å². The summed E-state index contributed by atoms with van der Waals surface area (Å²) in [6, 6.07) is 7.31. The van der Waals surface area contributed by atoms with E-state index in [4.69, 9.17) is 21.1 Å². The molecule has 142 valence electrons. The number of ether oxygens (including phenoxy) is 2. The molecule has 2 heterocycles. The number of rotatable bonds is 7. The molecule has 0 aliphatic heterocycles. The highest BCUT2D eigenvalue weighted by atomic mass is 35.5. The molecule has 6 nitrogen and oxygen atoms in total. The van der Waals surface area contributed by atoms with Gasteiger partial charge >= 0.3 is 5.97 Å². The van der Waals surface area contributed by atoms with Gasteiger partial charge in [0.15, 0.2) is 0 Å². The van der Waals surface area contributed by atoms with Crippen LogP contribution in [0.4, 0.5) is 0 Å². The Morgan fingerprint density at radius 3 is 2.70 bits per heavy atom.